The molecule has 0 amide bonds. The standard InChI is InChI=1S/C14H12Cl2FNO/c15-9-5-6-13(11(16)7-9)19-14(8-18)10-3-1-2-4-12(10)17/h1-7,14H,8,18H2. The molecule has 0 aliphatic heterocycles. The van der Waals surface area contributed by atoms with Gasteiger partial charge in [0, 0.05) is 17.1 Å². The van der Waals surface area contributed by atoms with Crippen LogP contribution in [0.25, 0.3) is 0 Å². The first-order valence-electron chi connectivity index (χ1n) is 5.68. The van der Waals surface area contributed by atoms with Gasteiger partial charge >= 0.3 is 0 Å². The lowest BCUT2D eigenvalue weighted by Gasteiger charge is -2.19. The van der Waals surface area contributed by atoms with E-state index in [1.54, 1.807) is 36.4 Å². The molecule has 0 spiro atoms. The third kappa shape index (κ3) is 3.38. The third-order valence-electron chi connectivity index (χ3n) is 2.63. The highest BCUT2D eigenvalue weighted by Gasteiger charge is 2.17. The summed E-state index contributed by atoms with van der Waals surface area (Å²) in [7, 11) is 0. The second-order valence-electron chi connectivity index (χ2n) is 3.94. The van der Waals surface area contributed by atoms with Gasteiger partial charge in [0.05, 0.1) is 5.02 Å². The number of hydrogen-bond donors (Lipinski definition) is 1. The predicted molar refractivity (Wildman–Crippen MR) is 75.3 cm³/mol. The van der Waals surface area contributed by atoms with Gasteiger partial charge in [0.15, 0.2) is 0 Å². The van der Waals surface area contributed by atoms with Crippen molar-refractivity contribution < 1.29 is 9.13 Å². The van der Waals surface area contributed by atoms with E-state index in [4.69, 9.17) is 33.7 Å². The summed E-state index contributed by atoms with van der Waals surface area (Å²) in [6, 6.07) is 11.2. The number of benzene rings is 2. The van der Waals surface area contributed by atoms with Crippen molar-refractivity contribution in [1.29, 1.82) is 0 Å². The zero-order valence-electron chi connectivity index (χ0n) is 9.95. The molecule has 0 heterocycles. The van der Waals surface area contributed by atoms with Gasteiger partial charge in [-0.2, -0.15) is 0 Å². The number of halogens is 3. The molecular weight excluding hydrogens is 288 g/mol. The van der Waals surface area contributed by atoms with Crippen LogP contribution < -0.4 is 10.5 Å². The molecule has 0 aliphatic carbocycles. The van der Waals surface area contributed by atoms with Crippen molar-refractivity contribution in [2.24, 2.45) is 5.73 Å². The molecule has 1 atom stereocenters. The van der Waals surface area contributed by atoms with E-state index in [-0.39, 0.29) is 12.4 Å². The van der Waals surface area contributed by atoms with Crippen LogP contribution in [0, 0.1) is 5.82 Å². The Morgan fingerprint density at radius 2 is 1.89 bits per heavy atom. The average molecular weight is 300 g/mol. The molecule has 0 aliphatic rings. The lowest BCUT2D eigenvalue weighted by Crippen LogP contribution is -2.19. The first kappa shape index (κ1) is 14.1. The Balaban J connectivity index is 2.27. The van der Waals surface area contributed by atoms with Crippen molar-refractivity contribution in [3.05, 3.63) is 63.9 Å². The Morgan fingerprint density at radius 1 is 1.16 bits per heavy atom. The van der Waals surface area contributed by atoms with Gasteiger partial charge in [-0.15, -0.1) is 0 Å². The largest absolute Gasteiger partial charge is 0.483 e. The highest BCUT2D eigenvalue weighted by molar-refractivity contribution is 6.35. The van der Waals surface area contributed by atoms with Gasteiger partial charge in [-0.1, -0.05) is 41.4 Å². The van der Waals surface area contributed by atoms with Crippen LogP contribution in [0.2, 0.25) is 10.0 Å². The van der Waals surface area contributed by atoms with Crippen LogP contribution in [0.4, 0.5) is 4.39 Å². The summed E-state index contributed by atoms with van der Waals surface area (Å²) >= 11 is 11.8. The molecule has 100 valence electrons. The summed E-state index contributed by atoms with van der Waals surface area (Å²) < 4.78 is 19.4. The van der Waals surface area contributed by atoms with E-state index in [1.165, 1.54) is 6.07 Å². The minimum atomic E-state index is -0.597. The number of rotatable bonds is 4. The number of hydrogen-bond acceptors (Lipinski definition) is 2. The molecule has 1 unspecified atom stereocenters. The molecule has 2 aromatic carbocycles. The lowest BCUT2D eigenvalue weighted by molar-refractivity contribution is 0.209. The van der Waals surface area contributed by atoms with E-state index >= 15 is 0 Å². The molecule has 2 nitrogen and oxygen atoms in total. The topological polar surface area (TPSA) is 35.2 Å². The monoisotopic (exact) mass is 299 g/mol. The van der Waals surface area contributed by atoms with Gasteiger partial charge in [0.2, 0.25) is 0 Å². The molecule has 0 radical (unpaired) electrons. The van der Waals surface area contributed by atoms with Crippen LogP contribution in [-0.4, -0.2) is 6.54 Å². The molecular formula is C14H12Cl2FNO. The molecule has 0 fully saturated rings. The van der Waals surface area contributed by atoms with Crippen LogP contribution in [0.3, 0.4) is 0 Å². The van der Waals surface area contributed by atoms with E-state index in [1.807, 2.05) is 0 Å². The Labute approximate surface area is 120 Å². The van der Waals surface area contributed by atoms with Crippen molar-refractivity contribution in [1.82, 2.24) is 0 Å². The Hall–Kier alpha value is -1.29. The summed E-state index contributed by atoms with van der Waals surface area (Å²) in [5.74, 6) is 0.0628. The Bertz CT molecular complexity index is 577. The summed E-state index contributed by atoms with van der Waals surface area (Å²) in [5, 5.41) is 0.870. The first-order valence-corrected chi connectivity index (χ1v) is 6.43. The maximum absolute atomic E-state index is 13.7. The van der Waals surface area contributed by atoms with Crippen molar-refractivity contribution in [3.63, 3.8) is 0 Å². The van der Waals surface area contributed by atoms with Gasteiger partial charge in [0.25, 0.3) is 0 Å². The minimum absolute atomic E-state index is 0.139. The summed E-state index contributed by atoms with van der Waals surface area (Å²) in [6.07, 6.45) is -0.597. The summed E-state index contributed by atoms with van der Waals surface area (Å²) in [4.78, 5) is 0. The highest BCUT2D eigenvalue weighted by Crippen LogP contribution is 2.31. The summed E-state index contributed by atoms with van der Waals surface area (Å²) in [6.45, 7) is 0.139. The van der Waals surface area contributed by atoms with Crippen LogP contribution in [0.5, 0.6) is 5.75 Å². The van der Waals surface area contributed by atoms with Crippen LogP contribution in [0.1, 0.15) is 11.7 Å². The number of ether oxygens (including phenoxy) is 1. The second-order valence-corrected chi connectivity index (χ2v) is 4.78. The SMILES string of the molecule is NCC(Oc1ccc(Cl)cc1Cl)c1ccccc1F. The van der Waals surface area contributed by atoms with Crippen LogP contribution in [0.15, 0.2) is 42.5 Å². The molecule has 0 saturated carbocycles. The molecule has 19 heavy (non-hydrogen) atoms. The van der Waals surface area contributed by atoms with E-state index in [0.717, 1.165) is 0 Å². The molecule has 0 aromatic heterocycles. The predicted octanol–water partition coefficient (Wildman–Crippen LogP) is 4.21. The van der Waals surface area contributed by atoms with E-state index < -0.39 is 6.10 Å². The van der Waals surface area contributed by atoms with E-state index in [2.05, 4.69) is 0 Å². The van der Waals surface area contributed by atoms with Gasteiger partial charge in [0.1, 0.15) is 17.7 Å². The maximum atomic E-state index is 13.7. The highest BCUT2D eigenvalue weighted by atomic mass is 35.5. The van der Waals surface area contributed by atoms with E-state index in [9.17, 15) is 4.39 Å². The Morgan fingerprint density at radius 3 is 2.53 bits per heavy atom. The van der Waals surface area contributed by atoms with Gasteiger partial charge < -0.3 is 10.5 Å². The molecule has 2 rings (SSSR count). The van der Waals surface area contributed by atoms with E-state index in [0.29, 0.717) is 21.4 Å². The zero-order chi connectivity index (χ0) is 13.8. The molecule has 0 bridgehead atoms. The quantitative estimate of drug-likeness (QED) is 0.918. The first-order chi connectivity index (χ1) is 9.11. The van der Waals surface area contributed by atoms with Crippen LogP contribution in [-0.2, 0) is 0 Å². The molecule has 5 heteroatoms. The van der Waals surface area contributed by atoms with Crippen molar-refractivity contribution in [2.45, 2.75) is 6.10 Å². The van der Waals surface area contributed by atoms with Gasteiger partial charge in [-0.25, -0.2) is 4.39 Å². The normalized spacial score (nSPS) is 12.2. The fourth-order valence-electron chi connectivity index (χ4n) is 1.70. The van der Waals surface area contributed by atoms with Crippen molar-refractivity contribution in [2.75, 3.05) is 6.54 Å². The fraction of sp³-hybridized carbons (Fsp3) is 0.143. The second kappa shape index (κ2) is 6.24. The smallest absolute Gasteiger partial charge is 0.139 e. The molecule has 0 saturated heterocycles. The fourth-order valence-corrected chi connectivity index (χ4v) is 2.15. The minimum Gasteiger partial charge on any atom is -0.483 e. The summed E-state index contributed by atoms with van der Waals surface area (Å²) in [5.41, 5.74) is 6.04. The van der Waals surface area contributed by atoms with Crippen molar-refractivity contribution in [3.8, 4) is 5.75 Å². The molecule has 2 aromatic rings. The Kier molecular flexibility index (Phi) is 4.64. The van der Waals surface area contributed by atoms with Gasteiger partial charge in [-0.05, 0) is 24.3 Å². The zero-order valence-corrected chi connectivity index (χ0v) is 11.5. The number of nitrogens with two attached hydrogens (primary N) is 1. The lowest BCUT2D eigenvalue weighted by atomic mass is 10.1. The van der Waals surface area contributed by atoms with Crippen LogP contribution >= 0.6 is 23.2 Å². The average Bonchev–Trinajstić information content (AvgIpc) is 2.39. The maximum Gasteiger partial charge on any atom is 0.139 e. The van der Waals surface area contributed by atoms with Gasteiger partial charge in [-0.3, -0.25) is 0 Å². The molecule has 2 N–H and O–H groups in total. The third-order valence-corrected chi connectivity index (χ3v) is 3.16. The van der Waals surface area contributed by atoms with Crippen molar-refractivity contribution >= 4 is 23.2 Å².